The van der Waals surface area contributed by atoms with E-state index in [0.717, 1.165) is 0 Å². The lowest BCUT2D eigenvalue weighted by Crippen LogP contribution is -2.42. The van der Waals surface area contributed by atoms with Crippen LogP contribution in [0, 0.1) is 0 Å². The number of nitrogens with zero attached hydrogens (tertiary/aromatic N) is 4. The SMILES string of the molecule is CC(C)(C)OC(=O)N(CCCN(CCCn1c2c(c3ccccc3c1=O)C(=O)c1ccccc1-2)C(=O)OC(C)(C)C)CCCn1c2c(c3ccccc3c1=O)C(=O)c1ccccc1-2. The Morgan fingerprint density at radius 3 is 1.14 bits per heavy atom. The Bertz CT molecular complexity index is 2750. The van der Waals surface area contributed by atoms with Gasteiger partial charge in [-0.05, 0) is 72.9 Å². The minimum Gasteiger partial charge on any atom is -0.444 e. The quantitative estimate of drug-likeness (QED) is 0.119. The molecule has 6 aromatic rings. The molecule has 324 valence electrons. The van der Waals surface area contributed by atoms with Gasteiger partial charge in [-0.25, -0.2) is 9.59 Å². The van der Waals surface area contributed by atoms with Crippen molar-refractivity contribution in [2.75, 3.05) is 26.2 Å². The highest BCUT2D eigenvalue weighted by Crippen LogP contribution is 2.40. The summed E-state index contributed by atoms with van der Waals surface area (Å²) in [6, 6.07) is 28.9. The maximum Gasteiger partial charge on any atom is 0.410 e. The number of carbonyl (C=O) groups excluding carboxylic acids is 4. The Kier molecular flexibility index (Phi) is 11.4. The van der Waals surface area contributed by atoms with Gasteiger partial charge < -0.3 is 28.4 Å². The first kappa shape index (κ1) is 42.9. The predicted molar refractivity (Wildman–Crippen MR) is 244 cm³/mol. The second-order valence-electron chi connectivity index (χ2n) is 18.2. The summed E-state index contributed by atoms with van der Waals surface area (Å²) in [5.41, 5.74) is 2.73. The van der Waals surface area contributed by atoms with Crippen LogP contribution in [0.2, 0.25) is 0 Å². The number of pyridine rings is 2. The summed E-state index contributed by atoms with van der Waals surface area (Å²) < 4.78 is 15.0. The predicted octanol–water partition coefficient (Wildman–Crippen LogP) is 9.08. The van der Waals surface area contributed by atoms with Gasteiger partial charge in [0.25, 0.3) is 11.1 Å². The Labute approximate surface area is 365 Å². The second kappa shape index (κ2) is 16.8. The molecule has 0 aliphatic heterocycles. The van der Waals surface area contributed by atoms with E-state index in [-0.39, 0.29) is 62.0 Å². The highest BCUT2D eigenvalue weighted by atomic mass is 16.6. The van der Waals surface area contributed by atoms with E-state index < -0.39 is 23.4 Å². The molecule has 4 aromatic carbocycles. The number of carbonyl (C=O) groups is 4. The van der Waals surface area contributed by atoms with E-state index in [4.69, 9.17) is 9.47 Å². The zero-order valence-electron chi connectivity index (χ0n) is 36.7. The highest BCUT2D eigenvalue weighted by molar-refractivity contribution is 6.27. The molecule has 2 aliphatic carbocycles. The average molecular weight is 849 g/mol. The molecule has 0 bridgehead atoms. The molecular weight excluding hydrogens is 797 g/mol. The summed E-state index contributed by atoms with van der Waals surface area (Å²) in [7, 11) is 0. The number of rotatable bonds is 12. The molecule has 2 aromatic heterocycles. The molecule has 0 saturated heterocycles. The van der Waals surface area contributed by atoms with Gasteiger partial charge in [0.15, 0.2) is 11.6 Å². The maximum absolute atomic E-state index is 14.1. The monoisotopic (exact) mass is 848 g/mol. The Hall–Kier alpha value is -6.82. The van der Waals surface area contributed by atoms with Gasteiger partial charge in [-0.1, -0.05) is 84.9 Å². The number of amides is 2. The van der Waals surface area contributed by atoms with Gasteiger partial charge in [-0.2, -0.15) is 0 Å². The standard InChI is InChI=1S/C51H52N4O8/c1-50(2,3)62-48(60)52(28-16-30-54-42-34-20-9-11-22-36(34)44(56)40(42)32-18-7-13-24-38(32)46(54)58)26-15-27-53(49(61)63-51(4,5)6)29-17-31-55-43-35-21-10-12-23-37(35)45(57)41(43)33-19-8-14-25-39(33)47(55)59/h7-14,18-25H,15-17,26-31H2,1-6H3. The van der Waals surface area contributed by atoms with Crippen LogP contribution in [0.1, 0.15) is 92.6 Å². The maximum atomic E-state index is 14.1. The van der Waals surface area contributed by atoms with Crippen LogP contribution in [0.5, 0.6) is 0 Å². The molecule has 63 heavy (non-hydrogen) atoms. The molecule has 0 saturated carbocycles. The number of ketones is 2. The van der Waals surface area contributed by atoms with E-state index in [9.17, 15) is 28.8 Å². The van der Waals surface area contributed by atoms with Crippen LogP contribution in [0.3, 0.4) is 0 Å². The van der Waals surface area contributed by atoms with Crippen LogP contribution in [0.25, 0.3) is 44.1 Å². The zero-order chi connectivity index (χ0) is 44.8. The third-order valence-electron chi connectivity index (χ3n) is 11.4. The molecule has 0 atom stereocenters. The number of hydrogen-bond acceptors (Lipinski definition) is 8. The molecule has 0 radical (unpaired) electrons. The first-order chi connectivity index (χ1) is 30.0. The lowest BCUT2D eigenvalue weighted by atomic mass is 10.0. The van der Waals surface area contributed by atoms with Crippen molar-refractivity contribution in [2.24, 2.45) is 0 Å². The van der Waals surface area contributed by atoms with Crippen molar-refractivity contribution >= 4 is 45.3 Å². The fraction of sp³-hybridized carbons (Fsp3) is 0.333. The number of ether oxygens (including phenoxy) is 2. The molecule has 12 heteroatoms. The van der Waals surface area contributed by atoms with E-state index in [0.29, 0.717) is 85.6 Å². The normalized spacial score (nSPS) is 12.9. The Balaban J connectivity index is 1.01. The van der Waals surface area contributed by atoms with Gasteiger partial charge in [0.2, 0.25) is 0 Å². The molecule has 2 amide bonds. The van der Waals surface area contributed by atoms with Crippen molar-refractivity contribution in [1.29, 1.82) is 0 Å². The topological polar surface area (TPSA) is 137 Å². The summed E-state index contributed by atoms with van der Waals surface area (Å²) in [5, 5.41) is 2.15. The van der Waals surface area contributed by atoms with Gasteiger partial charge in [-0.3, -0.25) is 19.2 Å². The van der Waals surface area contributed by atoms with Crippen molar-refractivity contribution in [3.8, 4) is 22.5 Å². The number of benzene rings is 4. The lowest BCUT2D eigenvalue weighted by Gasteiger charge is -2.30. The van der Waals surface area contributed by atoms with Crippen molar-refractivity contribution in [2.45, 2.75) is 85.1 Å². The van der Waals surface area contributed by atoms with Crippen molar-refractivity contribution in [1.82, 2.24) is 18.9 Å². The fourth-order valence-electron chi connectivity index (χ4n) is 8.82. The molecule has 0 fully saturated rings. The first-order valence-electron chi connectivity index (χ1n) is 21.6. The molecule has 2 aliphatic rings. The van der Waals surface area contributed by atoms with Crippen molar-refractivity contribution < 1.29 is 28.7 Å². The third-order valence-corrected chi connectivity index (χ3v) is 11.4. The van der Waals surface area contributed by atoms with Crippen LogP contribution in [-0.4, -0.2) is 80.1 Å². The molecule has 0 N–H and O–H groups in total. The number of hydrogen-bond donors (Lipinski definition) is 0. The summed E-state index contributed by atoms with van der Waals surface area (Å²) in [5.74, 6) is -0.242. The van der Waals surface area contributed by atoms with E-state index in [2.05, 4.69) is 0 Å². The van der Waals surface area contributed by atoms with Crippen LogP contribution in [-0.2, 0) is 22.6 Å². The van der Waals surface area contributed by atoms with Crippen LogP contribution >= 0.6 is 0 Å². The number of aromatic nitrogens is 2. The molecule has 2 heterocycles. The molecular formula is C51H52N4O8. The zero-order valence-corrected chi connectivity index (χ0v) is 36.7. The molecule has 0 unspecified atom stereocenters. The summed E-state index contributed by atoms with van der Waals surface area (Å²) in [4.78, 5) is 86.2. The summed E-state index contributed by atoms with van der Waals surface area (Å²) in [6.07, 6.45) is 0.0855. The fourth-order valence-corrected chi connectivity index (χ4v) is 8.82. The first-order valence-corrected chi connectivity index (χ1v) is 21.6. The van der Waals surface area contributed by atoms with Gasteiger partial charge in [0.05, 0.1) is 22.5 Å². The Morgan fingerprint density at radius 2 is 0.778 bits per heavy atom. The second-order valence-corrected chi connectivity index (χ2v) is 18.2. The van der Waals surface area contributed by atoms with Crippen molar-refractivity contribution in [3.63, 3.8) is 0 Å². The minimum atomic E-state index is -0.774. The molecule has 12 nitrogen and oxygen atoms in total. The van der Waals surface area contributed by atoms with Crippen LogP contribution in [0.4, 0.5) is 9.59 Å². The van der Waals surface area contributed by atoms with Gasteiger partial charge >= 0.3 is 12.2 Å². The molecule has 8 rings (SSSR count). The largest absolute Gasteiger partial charge is 0.444 e. The minimum absolute atomic E-state index is 0.121. The smallest absolute Gasteiger partial charge is 0.410 e. The van der Waals surface area contributed by atoms with Crippen LogP contribution < -0.4 is 11.1 Å². The van der Waals surface area contributed by atoms with E-state index in [1.54, 1.807) is 96.9 Å². The lowest BCUT2D eigenvalue weighted by molar-refractivity contribution is 0.0200. The highest BCUT2D eigenvalue weighted by Gasteiger charge is 2.34. The summed E-state index contributed by atoms with van der Waals surface area (Å²) >= 11 is 0. The van der Waals surface area contributed by atoms with Crippen molar-refractivity contribution in [3.05, 3.63) is 140 Å². The van der Waals surface area contributed by atoms with Gasteiger partial charge in [0, 0.05) is 83.1 Å². The van der Waals surface area contributed by atoms with Gasteiger partial charge in [-0.15, -0.1) is 0 Å². The number of fused-ring (bicyclic) bond motifs is 10. The van der Waals surface area contributed by atoms with E-state index in [1.165, 1.54) is 0 Å². The molecule has 0 spiro atoms. The Morgan fingerprint density at radius 1 is 0.460 bits per heavy atom. The van der Waals surface area contributed by atoms with E-state index >= 15 is 0 Å². The van der Waals surface area contributed by atoms with E-state index in [1.807, 2.05) is 60.7 Å². The summed E-state index contributed by atoms with van der Waals surface area (Å²) in [6.45, 7) is 12.2. The average Bonchev–Trinajstić information content (AvgIpc) is 3.71. The van der Waals surface area contributed by atoms with Crippen LogP contribution in [0.15, 0.2) is 107 Å². The van der Waals surface area contributed by atoms with Gasteiger partial charge in [0.1, 0.15) is 11.2 Å². The third kappa shape index (κ3) is 8.29.